The highest BCUT2D eigenvalue weighted by atomic mass is 32.2. The molecule has 8 heteroatoms. The topological polar surface area (TPSA) is 84.3 Å². The van der Waals surface area contributed by atoms with E-state index in [1.54, 1.807) is 23.6 Å². The molecule has 1 aliphatic rings. The van der Waals surface area contributed by atoms with Gasteiger partial charge in [0.05, 0.1) is 16.2 Å². The number of para-hydroxylation sites is 1. The van der Waals surface area contributed by atoms with Crippen LogP contribution in [0.1, 0.15) is 33.2 Å². The van der Waals surface area contributed by atoms with Crippen LogP contribution in [-0.4, -0.2) is 44.7 Å². The third-order valence-corrected chi connectivity index (χ3v) is 5.61. The van der Waals surface area contributed by atoms with Gasteiger partial charge in [0.1, 0.15) is 0 Å². The van der Waals surface area contributed by atoms with E-state index in [0.717, 1.165) is 6.42 Å². The summed E-state index contributed by atoms with van der Waals surface area (Å²) in [5.74, 6) is -0.275. The first-order chi connectivity index (χ1) is 12.4. The van der Waals surface area contributed by atoms with Crippen molar-refractivity contribution < 1.29 is 9.59 Å². The van der Waals surface area contributed by atoms with Crippen molar-refractivity contribution in [3.05, 3.63) is 34.6 Å². The number of nitrogens with zero attached hydrogens (tertiary/aromatic N) is 3. The lowest BCUT2D eigenvalue weighted by molar-refractivity contribution is -0.126. The average Bonchev–Trinajstić information content (AvgIpc) is 3.06. The van der Waals surface area contributed by atoms with Gasteiger partial charge in [-0.2, -0.15) is 0 Å². The number of carbonyl (C=O) groups is 2. The molecule has 3 rings (SSSR count). The number of hydrogen-bond acceptors (Lipinski definition) is 5. The summed E-state index contributed by atoms with van der Waals surface area (Å²) in [6, 6.07) is 6.80. The van der Waals surface area contributed by atoms with Crippen LogP contribution in [0.3, 0.4) is 0 Å². The van der Waals surface area contributed by atoms with Crippen LogP contribution in [0.2, 0.25) is 0 Å². The van der Waals surface area contributed by atoms with Crippen LogP contribution in [0.15, 0.2) is 34.2 Å². The first-order valence-corrected chi connectivity index (χ1v) is 9.59. The SMILES string of the molecule is CC[C@H](C)n1c(S[C@H](C)C(=O)N2CCNC2=O)nc2ccccc2c1=O. The van der Waals surface area contributed by atoms with Gasteiger partial charge in [-0.1, -0.05) is 30.8 Å². The standard InChI is InChI=1S/C18H22N4O3S/c1-4-11(2)22-16(24)13-7-5-6-8-14(13)20-18(22)26-12(3)15(23)21-10-9-19-17(21)25/h5-8,11-12H,4,9-10H2,1-3H3,(H,19,25)/t11-,12+/m0/s1. The molecule has 0 radical (unpaired) electrons. The Morgan fingerprint density at radius 3 is 2.69 bits per heavy atom. The zero-order valence-corrected chi connectivity index (χ0v) is 15.9. The molecule has 0 aliphatic carbocycles. The van der Waals surface area contributed by atoms with Crippen molar-refractivity contribution in [2.45, 2.75) is 43.6 Å². The van der Waals surface area contributed by atoms with Crippen molar-refractivity contribution in [2.24, 2.45) is 0 Å². The molecule has 26 heavy (non-hydrogen) atoms. The molecule has 1 saturated heterocycles. The minimum Gasteiger partial charge on any atom is -0.336 e. The number of urea groups is 1. The Hall–Kier alpha value is -2.35. The highest BCUT2D eigenvalue weighted by molar-refractivity contribution is 8.00. The van der Waals surface area contributed by atoms with Crippen LogP contribution in [-0.2, 0) is 4.79 Å². The third-order valence-electron chi connectivity index (χ3n) is 4.56. The van der Waals surface area contributed by atoms with Crippen molar-refractivity contribution in [3.8, 4) is 0 Å². The van der Waals surface area contributed by atoms with Gasteiger partial charge in [-0.15, -0.1) is 0 Å². The molecule has 0 spiro atoms. The molecule has 2 aromatic rings. The first-order valence-electron chi connectivity index (χ1n) is 8.71. The predicted molar refractivity (Wildman–Crippen MR) is 101 cm³/mol. The number of benzene rings is 1. The molecule has 3 amide bonds. The lowest BCUT2D eigenvalue weighted by Crippen LogP contribution is -2.39. The minimum atomic E-state index is -0.526. The molecule has 7 nitrogen and oxygen atoms in total. The molecule has 1 N–H and O–H groups in total. The third kappa shape index (κ3) is 3.33. The number of amides is 3. The maximum atomic E-state index is 13.0. The Balaban J connectivity index is 1.99. The largest absolute Gasteiger partial charge is 0.336 e. The number of imide groups is 1. The lowest BCUT2D eigenvalue weighted by atomic mass is 10.2. The van der Waals surface area contributed by atoms with Gasteiger partial charge in [-0.3, -0.25) is 19.1 Å². The van der Waals surface area contributed by atoms with E-state index < -0.39 is 5.25 Å². The van der Waals surface area contributed by atoms with E-state index in [4.69, 9.17) is 0 Å². The van der Waals surface area contributed by atoms with Gasteiger partial charge in [0.15, 0.2) is 5.16 Å². The van der Waals surface area contributed by atoms with Crippen LogP contribution < -0.4 is 10.9 Å². The van der Waals surface area contributed by atoms with Gasteiger partial charge in [0.2, 0.25) is 5.91 Å². The minimum absolute atomic E-state index is 0.0421. The predicted octanol–water partition coefficient (Wildman–Crippen LogP) is 2.40. The maximum Gasteiger partial charge on any atom is 0.324 e. The number of thioether (sulfide) groups is 1. The van der Waals surface area contributed by atoms with Gasteiger partial charge in [-0.25, -0.2) is 9.78 Å². The Morgan fingerprint density at radius 1 is 1.31 bits per heavy atom. The average molecular weight is 374 g/mol. The number of rotatable bonds is 5. The number of fused-ring (bicyclic) bond motifs is 1. The molecule has 0 saturated carbocycles. The van der Waals surface area contributed by atoms with Gasteiger partial charge < -0.3 is 5.32 Å². The van der Waals surface area contributed by atoms with E-state index in [-0.39, 0.29) is 23.5 Å². The summed E-state index contributed by atoms with van der Waals surface area (Å²) >= 11 is 1.22. The van der Waals surface area contributed by atoms with Crippen molar-refractivity contribution in [1.82, 2.24) is 19.8 Å². The van der Waals surface area contributed by atoms with Crippen LogP contribution in [0.5, 0.6) is 0 Å². The van der Waals surface area contributed by atoms with E-state index in [2.05, 4.69) is 10.3 Å². The smallest absolute Gasteiger partial charge is 0.324 e. The summed E-state index contributed by atoms with van der Waals surface area (Å²) in [6.45, 7) is 6.53. The highest BCUT2D eigenvalue weighted by Crippen LogP contribution is 2.27. The lowest BCUT2D eigenvalue weighted by Gasteiger charge is -2.21. The summed E-state index contributed by atoms with van der Waals surface area (Å²) in [5.41, 5.74) is 0.504. The molecular weight excluding hydrogens is 352 g/mol. The second kappa shape index (κ2) is 7.49. The number of carbonyl (C=O) groups excluding carboxylic acids is 2. The summed E-state index contributed by atoms with van der Waals surface area (Å²) in [6.07, 6.45) is 0.768. The fourth-order valence-corrected chi connectivity index (χ4v) is 3.96. The maximum absolute atomic E-state index is 13.0. The fourth-order valence-electron chi connectivity index (χ4n) is 2.89. The molecular formula is C18H22N4O3S. The zero-order chi connectivity index (χ0) is 18.8. The van der Waals surface area contributed by atoms with Gasteiger partial charge >= 0.3 is 6.03 Å². The second-order valence-electron chi connectivity index (χ2n) is 6.33. The zero-order valence-electron chi connectivity index (χ0n) is 15.1. The van der Waals surface area contributed by atoms with Crippen LogP contribution in [0, 0.1) is 0 Å². The molecule has 0 bridgehead atoms. The molecule has 1 fully saturated rings. The molecule has 2 atom stereocenters. The highest BCUT2D eigenvalue weighted by Gasteiger charge is 2.31. The Kier molecular flexibility index (Phi) is 5.31. The van der Waals surface area contributed by atoms with Crippen molar-refractivity contribution >= 4 is 34.6 Å². The second-order valence-corrected chi connectivity index (χ2v) is 7.63. The Labute approximate surface area is 155 Å². The van der Waals surface area contributed by atoms with E-state index in [0.29, 0.717) is 29.1 Å². The fraction of sp³-hybridized carbons (Fsp3) is 0.444. The number of nitrogens with one attached hydrogen (secondary N) is 1. The van der Waals surface area contributed by atoms with E-state index in [1.165, 1.54) is 16.7 Å². The molecule has 1 aliphatic heterocycles. The van der Waals surface area contributed by atoms with Gasteiger partial charge in [0.25, 0.3) is 5.56 Å². The van der Waals surface area contributed by atoms with E-state index in [1.807, 2.05) is 26.0 Å². The summed E-state index contributed by atoms with van der Waals surface area (Å²) in [5, 5.41) is 3.17. The quantitative estimate of drug-likeness (QED) is 0.642. The Bertz CT molecular complexity index is 911. The summed E-state index contributed by atoms with van der Waals surface area (Å²) in [7, 11) is 0. The molecule has 1 aromatic heterocycles. The summed E-state index contributed by atoms with van der Waals surface area (Å²) < 4.78 is 1.65. The molecule has 2 heterocycles. The molecule has 0 unspecified atom stereocenters. The van der Waals surface area contributed by atoms with Crippen molar-refractivity contribution in [1.29, 1.82) is 0 Å². The van der Waals surface area contributed by atoms with Gasteiger partial charge in [0, 0.05) is 19.1 Å². The first kappa shape index (κ1) is 18.4. The van der Waals surface area contributed by atoms with Gasteiger partial charge in [-0.05, 0) is 32.4 Å². The monoisotopic (exact) mass is 374 g/mol. The van der Waals surface area contributed by atoms with Crippen LogP contribution >= 0.6 is 11.8 Å². The van der Waals surface area contributed by atoms with E-state index in [9.17, 15) is 14.4 Å². The van der Waals surface area contributed by atoms with Crippen molar-refractivity contribution in [2.75, 3.05) is 13.1 Å². The summed E-state index contributed by atoms with van der Waals surface area (Å²) in [4.78, 5) is 43.1. The normalized spacial score (nSPS) is 16.6. The molecule has 1 aromatic carbocycles. The van der Waals surface area contributed by atoms with Crippen LogP contribution in [0.25, 0.3) is 10.9 Å². The Morgan fingerprint density at radius 2 is 2.04 bits per heavy atom. The molecule has 138 valence electrons. The van der Waals surface area contributed by atoms with Crippen molar-refractivity contribution in [3.63, 3.8) is 0 Å². The van der Waals surface area contributed by atoms with E-state index >= 15 is 0 Å². The number of aromatic nitrogens is 2. The van der Waals surface area contributed by atoms with Crippen LogP contribution in [0.4, 0.5) is 4.79 Å². The number of hydrogen-bond donors (Lipinski definition) is 1.